The van der Waals surface area contributed by atoms with Crippen LogP contribution in [0.4, 0.5) is 13.2 Å². The molecule has 0 unspecified atom stereocenters. The lowest BCUT2D eigenvalue weighted by atomic mass is 9.94. The van der Waals surface area contributed by atoms with Gasteiger partial charge in [-0.1, -0.05) is 32.9 Å². The van der Waals surface area contributed by atoms with Crippen LogP contribution in [0.15, 0.2) is 24.3 Å². The molecule has 0 aliphatic heterocycles. The Morgan fingerprint density at radius 1 is 1.14 bits per heavy atom. The molecule has 0 aromatic heterocycles. The van der Waals surface area contributed by atoms with Crippen LogP contribution in [0.25, 0.3) is 0 Å². The van der Waals surface area contributed by atoms with Gasteiger partial charge in [-0.2, -0.15) is 13.2 Å². The van der Waals surface area contributed by atoms with E-state index in [9.17, 15) is 22.8 Å². The fourth-order valence-corrected chi connectivity index (χ4v) is 1.64. The zero-order valence-corrected chi connectivity index (χ0v) is 12.5. The highest BCUT2D eigenvalue weighted by Crippen LogP contribution is 2.29. The Bertz CT molecular complexity index is 545. The average molecular weight is 317 g/mol. The molecule has 22 heavy (non-hydrogen) atoms. The molecule has 0 heterocycles. The molecule has 1 rings (SSSR count). The molecule has 0 saturated heterocycles. The number of carbonyl (C=O) groups excluding carboxylic acids is 1. The van der Waals surface area contributed by atoms with E-state index in [0.717, 1.165) is 12.1 Å². The largest absolute Gasteiger partial charge is 0.480 e. The first-order valence-electron chi connectivity index (χ1n) is 6.61. The normalized spacial score (nSPS) is 13.5. The number of aliphatic carboxylic acids is 1. The number of hydrogen-bond donors (Lipinski definition) is 2. The van der Waals surface area contributed by atoms with Crippen molar-refractivity contribution >= 4 is 11.9 Å². The van der Waals surface area contributed by atoms with Gasteiger partial charge in [0.1, 0.15) is 6.04 Å². The number of carboxylic acids is 1. The number of rotatable bonds is 4. The predicted octanol–water partition coefficient (Wildman–Crippen LogP) is 2.86. The first kappa shape index (κ1) is 18.0. The minimum absolute atomic E-state index is 0.0880. The van der Waals surface area contributed by atoms with Crippen molar-refractivity contribution in [1.29, 1.82) is 0 Å². The fourth-order valence-electron chi connectivity index (χ4n) is 1.64. The Labute approximate surface area is 126 Å². The minimum atomic E-state index is -4.44. The van der Waals surface area contributed by atoms with Crippen molar-refractivity contribution in [2.45, 2.75) is 39.4 Å². The average Bonchev–Trinajstić information content (AvgIpc) is 2.36. The van der Waals surface area contributed by atoms with Gasteiger partial charge in [0.2, 0.25) is 5.91 Å². The molecule has 2 N–H and O–H groups in total. The van der Waals surface area contributed by atoms with E-state index in [0.29, 0.717) is 5.56 Å². The lowest BCUT2D eigenvalue weighted by molar-refractivity contribution is -0.143. The number of nitrogens with one attached hydrogen (secondary N) is 1. The van der Waals surface area contributed by atoms with Crippen molar-refractivity contribution in [3.05, 3.63) is 35.4 Å². The van der Waals surface area contributed by atoms with Gasteiger partial charge in [-0.25, -0.2) is 4.79 Å². The Morgan fingerprint density at radius 2 is 1.64 bits per heavy atom. The summed E-state index contributed by atoms with van der Waals surface area (Å²) in [7, 11) is 0. The molecule has 0 radical (unpaired) electrons. The smallest absolute Gasteiger partial charge is 0.416 e. The van der Waals surface area contributed by atoms with Crippen LogP contribution in [0.2, 0.25) is 0 Å². The molecule has 1 atom stereocenters. The molecule has 1 amide bonds. The highest BCUT2D eigenvalue weighted by molar-refractivity contribution is 5.86. The zero-order valence-electron chi connectivity index (χ0n) is 12.5. The maximum atomic E-state index is 12.5. The highest BCUT2D eigenvalue weighted by Gasteiger charge is 2.31. The third-order valence-corrected chi connectivity index (χ3v) is 3.01. The maximum absolute atomic E-state index is 12.5. The molecule has 0 aliphatic carbocycles. The SMILES string of the molecule is CC(C)(C)C(=O)N[C@H](Cc1ccc(C(F)(F)F)cc1)C(=O)O. The van der Waals surface area contributed by atoms with Gasteiger partial charge in [0.05, 0.1) is 5.56 Å². The Hall–Kier alpha value is -2.05. The first-order chi connectivity index (χ1) is 9.91. The van der Waals surface area contributed by atoms with Crippen molar-refractivity contribution in [2.75, 3.05) is 0 Å². The summed E-state index contributed by atoms with van der Waals surface area (Å²) in [5.41, 5.74) is -1.16. The maximum Gasteiger partial charge on any atom is 0.416 e. The quantitative estimate of drug-likeness (QED) is 0.897. The predicted molar refractivity (Wildman–Crippen MR) is 74.2 cm³/mol. The highest BCUT2D eigenvalue weighted by atomic mass is 19.4. The summed E-state index contributed by atoms with van der Waals surface area (Å²) in [6.07, 6.45) is -4.53. The topological polar surface area (TPSA) is 66.4 Å². The molecule has 1 aromatic rings. The molecule has 1 aromatic carbocycles. The summed E-state index contributed by atoms with van der Waals surface area (Å²) in [5.74, 6) is -1.68. The van der Waals surface area contributed by atoms with E-state index in [4.69, 9.17) is 5.11 Å². The van der Waals surface area contributed by atoms with Gasteiger partial charge in [-0.15, -0.1) is 0 Å². The van der Waals surface area contributed by atoms with Crippen LogP contribution in [-0.2, 0) is 22.2 Å². The lowest BCUT2D eigenvalue weighted by Crippen LogP contribution is -2.46. The van der Waals surface area contributed by atoms with E-state index in [1.807, 2.05) is 0 Å². The second-order valence-electron chi connectivity index (χ2n) is 6.01. The van der Waals surface area contributed by atoms with Gasteiger partial charge in [-0.05, 0) is 17.7 Å². The Kier molecular flexibility index (Phi) is 5.22. The monoisotopic (exact) mass is 317 g/mol. The Morgan fingerprint density at radius 3 is 2.00 bits per heavy atom. The van der Waals surface area contributed by atoms with Crippen molar-refractivity contribution in [2.24, 2.45) is 5.41 Å². The lowest BCUT2D eigenvalue weighted by Gasteiger charge is -2.22. The van der Waals surface area contributed by atoms with E-state index in [1.54, 1.807) is 20.8 Å². The van der Waals surface area contributed by atoms with Crippen LogP contribution in [0.5, 0.6) is 0 Å². The second-order valence-corrected chi connectivity index (χ2v) is 6.01. The zero-order chi connectivity index (χ0) is 17.1. The standard InChI is InChI=1S/C15H18F3NO3/c1-14(2,3)13(22)19-11(12(20)21)8-9-4-6-10(7-5-9)15(16,17)18/h4-7,11H,8H2,1-3H3,(H,19,22)(H,20,21)/t11-/m1/s1. The summed E-state index contributed by atoms with van der Waals surface area (Å²) in [6.45, 7) is 4.91. The van der Waals surface area contributed by atoms with E-state index in [-0.39, 0.29) is 6.42 Å². The molecule has 7 heteroatoms. The first-order valence-corrected chi connectivity index (χ1v) is 6.61. The number of hydrogen-bond acceptors (Lipinski definition) is 2. The van der Waals surface area contributed by atoms with E-state index in [2.05, 4.69) is 5.32 Å². The molecule has 0 saturated carbocycles. The van der Waals surface area contributed by atoms with E-state index < -0.39 is 35.1 Å². The number of amides is 1. The molecule has 0 bridgehead atoms. The number of carboxylic acid groups (broad SMARTS) is 1. The van der Waals surface area contributed by atoms with Gasteiger partial charge in [0.15, 0.2) is 0 Å². The Balaban J connectivity index is 2.84. The van der Waals surface area contributed by atoms with Crippen molar-refractivity contribution in [3.8, 4) is 0 Å². The van der Waals surface area contributed by atoms with Gasteiger partial charge >= 0.3 is 12.1 Å². The summed E-state index contributed by atoms with van der Waals surface area (Å²) < 4.78 is 37.4. The van der Waals surface area contributed by atoms with Crippen LogP contribution in [0.3, 0.4) is 0 Å². The van der Waals surface area contributed by atoms with Crippen LogP contribution in [0.1, 0.15) is 31.9 Å². The molecule has 0 fully saturated rings. The second kappa shape index (κ2) is 6.37. The third kappa shape index (κ3) is 5.05. The number of alkyl halides is 3. The van der Waals surface area contributed by atoms with Crippen LogP contribution < -0.4 is 5.32 Å². The number of carbonyl (C=O) groups is 2. The van der Waals surface area contributed by atoms with Crippen LogP contribution >= 0.6 is 0 Å². The molecule has 0 aliphatic rings. The van der Waals surface area contributed by atoms with Crippen LogP contribution in [-0.4, -0.2) is 23.0 Å². The van der Waals surface area contributed by atoms with Gasteiger partial charge < -0.3 is 10.4 Å². The number of benzene rings is 1. The van der Waals surface area contributed by atoms with E-state index >= 15 is 0 Å². The van der Waals surface area contributed by atoms with Crippen molar-refractivity contribution < 1.29 is 27.9 Å². The molecule has 122 valence electrons. The van der Waals surface area contributed by atoms with Gasteiger partial charge in [-0.3, -0.25) is 4.79 Å². The van der Waals surface area contributed by atoms with Crippen LogP contribution in [0, 0.1) is 5.41 Å². The van der Waals surface area contributed by atoms with E-state index in [1.165, 1.54) is 12.1 Å². The summed E-state index contributed by atoms with van der Waals surface area (Å²) in [5, 5.41) is 11.5. The van der Waals surface area contributed by atoms with Gasteiger partial charge in [0, 0.05) is 11.8 Å². The number of halogens is 3. The van der Waals surface area contributed by atoms with Gasteiger partial charge in [0.25, 0.3) is 0 Å². The molecule has 4 nitrogen and oxygen atoms in total. The minimum Gasteiger partial charge on any atom is -0.480 e. The molecular weight excluding hydrogens is 299 g/mol. The van der Waals surface area contributed by atoms with Crippen molar-refractivity contribution in [3.63, 3.8) is 0 Å². The summed E-state index contributed by atoms with van der Waals surface area (Å²) >= 11 is 0. The van der Waals surface area contributed by atoms with Crippen molar-refractivity contribution in [1.82, 2.24) is 5.32 Å². The molecular formula is C15H18F3NO3. The molecule has 0 spiro atoms. The third-order valence-electron chi connectivity index (χ3n) is 3.01. The summed E-state index contributed by atoms with van der Waals surface area (Å²) in [6, 6.07) is 3.01. The fraction of sp³-hybridized carbons (Fsp3) is 0.467. The summed E-state index contributed by atoms with van der Waals surface area (Å²) in [4.78, 5) is 23.0.